The van der Waals surface area contributed by atoms with Gasteiger partial charge in [0.2, 0.25) is 0 Å². The lowest BCUT2D eigenvalue weighted by molar-refractivity contribution is 0.735. The van der Waals surface area contributed by atoms with E-state index in [0.29, 0.717) is 6.54 Å². The number of aromatic nitrogens is 2. The predicted octanol–water partition coefficient (Wildman–Crippen LogP) is 4.23. The van der Waals surface area contributed by atoms with Crippen LogP contribution >= 0.6 is 0 Å². The van der Waals surface area contributed by atoms with Crippen LogP contribution in [0.4, 0.5) is 11.4 Å². The standard InChI is InChI=1S/C21H26N4/c1-16-12-19(24(3)4)13-17(2)21(16)23-14-20-22-10-11-25(20)15-18-8-6-5-7-9-18/h5-13,23H,14-15H2,1-4H3. The first-order valence-corrected chi connectivity index (χ1v) is 8.61. The highest BCUT2D eigenvalue weighted by molar-refractivity contribution is 5.64. The van der Waals surface area contributed by atoms with Crippen LogP contribution in [0.3, 0.4) is 0 Å². The van der Waals surface area contributed by atoms with E-state index in [-0.39, 0.29) is 0 Å². The minimum atomic E-state index is 0.711. The SMILES string of the molecule is Cc1cc(N(C)C)cc(C)c1NCc1nccn1Cc1ccccc1. The molecule has 0 atom stereocenters. The fourth-order valence-electron chi connectivity index (χ4n) is 3.08. The van der Waals surface area contributed by atoms with Gasteiger partial charge in [-0.2, -0.15) is 0 Å². The summed E-state index contributed by atoms with van der Waals surface area (Å²) in [4.78, 5) is 6.66. The van der Waals surface area contributed by atoms with Crippen LogP contribution in [0.2, 0.25) is 0 Å². The summed E-state index contributed by atoms with van der Waals surface area (Å²) in [6, 6.07) is 14.9. The normalized spacial score (nSPS) is 10.7. The third kappa shape index (κ3) is 4.02. The van der Waals surface area contributed by atoms with E-state index in [4.69, 9.17) is 0 Å². The summed E-state index contributed by atoms with van der Waals surface area (Å²) in [6.45, 7) is 5.86. The molecule has 1 aromatic heterocycles. The number of anilines is 2. The molecule has 0 saturated carbocycles. The quantitative estimate of drug-likeness (QED) is 0.732. The Kier molecular flexibility index (Phi) is 5.08. The summed E-state index contributed by atoms with van der Waals surface area (Å²) in [5, 5.41) is 3.57. The minimum Gasteiger partial charge on any atom is -0.378 e. The monoisotopic (exact) mass is 334 g/mol. The summed E-state index contributed by atoms with van der Waals surface area (Å²) >= 11 is 0. The third-order valence-electron chi connectivity index (χ3n) is 4.45. The van der Waals surface area contributed by atoms with Crippen LogP contribution in [0.15, 0.2) is 54.9 Å². The molecule has 0 amide bonds. The van der Waals surface area contributed by atoms with Crippen molar-refractivity contribution in [1.29, 1.82) is 0 Å². The zero-order valence-corrected chi connectivity index (χ0v) is 15.5. The van der Waals surface area contributed by atoms with Gasteiger partial charge in [0.15, 0.2) is 0 Å². The number of nitrogens with zero attached hydrogens (tertiary/aromatic N) is 3. The lowest BCUT2D eigenvalue weighted by atomic mass is 10.1. The number of nitrogens with one attached hydrogen (secondary N) is 1. The molecule has 3 rings (SSSR count). The van der Waals surface area contributed by atoms with Gasteiger partial charge in [0.1, 0.15) is 5.82 Å². The number of hydrogen-bond acceptors (Lipinski definition) is 3. The van der Waals surface area contributed by atoms with Crippen molar-refractivity contribution >= 4 is 11.4 Å². The number of aryl methyl sites for hydroxylation is 2. The Hall–Kier alpha value is -2.75. The second kappa shape index (κ2) is 7.43. The van der Waals surface area contributed by atoms with Crippen LogP contribution in [-0.2, 0) is 13.1 Å². The van der Waals surface area contributed by atoms with Crippen LogP contribution in [0.5, 0.6) is 0 Å². The molecular formula is C21H26N4. The van der Waals surface area contributed by atoms with Crippen LogP contribution in [-0.4, -0.2) is 23.6 Å². The van der Waals surface area contributed by atoms with Crippen molar-refractivity contribution in [3.05, 3.63) is 77.4 Å². The molecule has 25 heavy (non-hydrogen) atoms. The Bertz CT molecular complexity index is 811. The molecule has 0 aliphatic rings. The highest BCUT2D eigenvalue weighted by Crippen LogP contribution is 2.26. The topological polar surface area (TPSA) is 33.1 Å². The Balaban J connectivity index is 1.74. The van der Waals surface area contributed by atoms with E-state index in [1.54, 1.807) is 0 Å². The molecule has 0 aliphatic carbocycles. The number of benzene rings is 2. The molecule has 0 bridgehead atoms. The average Bonchev–Trinajstić information content (AvgIpc) is 3.02. The van der Waals surface area contributed by atoms with E-state index in [9.17, 15) is 0 Å². The average molecular weight is 334 g/mol. The largest absolute Gasteiger partial charge is 0.378 e. The Morgan fingerprint density at radius 3 is 2.36 bits per heavy atom. The van der Waals surface area contributed by atoms with Crippen LogP contribution < -0.4 is 10.2 Å². The first kappa shape index (κ1) is 17.1. The summed E-state index contributed by atoms with van der Waals surface area (Å²) in [5.74, 6) is 1.04. The van der Waals surface area contributed by atoms with Gasteiger partial charge in [-0.15, -0.1) is 0 Å². The maximum Gasteiger partial charge on any atom is 0.128 e. The molecule has 0 unspecified atom stereocenters. The maximum absolute atomic E-state index is 4.52. The first-order chi connectivity index (χ1) is 12.0. The van der Waals surface area contributed by atoms with Gasteiger partial charge in [-0.3, -0.25) is 0 Å². The van der Waals surface area contributed by atoms with Gasteiger partial charge < -0.3 is 14.8 Å². The van der Waals surface area contributed by atoms with Crippen molar-refractivity contribution in [3.63, 3.8) is 0 Å². The zero-order valence-electron chi connectivity index (χ0n) is 15.5. The summed E-state index contributed by atoms with van der Waals surface area (Å²) in [6.07, 6.45) is 3.91. The van der Waals surface area contributed by atoms with Gasteiger partial charge >= 0.3 is 0 Å². The molecular weight excluding hydrogens is 308 g/mol. The smallest absolute Gasteiger partial charge is 0.128 e. The molecule has 1 heterocycles. The third-order valence-corrected chi connectivity index (χ3v) is 4.45. The van der Waals surface area contributed by atoms with Gasteiger partial charge in [0.25, 0.3) is 0 Å². The summed E-state index contributed by atoms with van der Waals surface area (Å²) < 4.78 is 2.20. The van der Waals surface area contributed by atoms with Gasteiger partial charge in [-0.25, -0.2) is 4.98 Å². The van der Waals surface area contributed by atoms with E-state index in [2.05, 4.69) is 84.1 Å². The van der Waals surface area contributed by atoms with Crippen molar-refractivity contribution < 1.29 is 0 Å². The van der Waals surface area contributed by atoms with E-state index in [0.717, 1.165) is 12.4 Å². The molecule has 0 aliphatic heterocycles. The maximum atomic E-state index is 4.52. The van der Waals surface area contributed by atoms with E-state index < -0.39 is 0 Å². The van der Waals surface area contributed by atoms with E-state index in [1.165, 1.54) is 28.1 Å². The zero-order chi connectivity index (χ0) is 17.8. The lowest BCUT2D eigenvalue weighted by Gasteiger charge is -2.19. The van der Waals surface area contributed by atoms with Crippen molar-refractivity contribution in [2.45, 2.75) is 26.9 Å². The molecule has 0 fully saturated rings. The van der Waals surface area contributed by atoms with Gasteiger partial charge in [0, 0.05) is 44.4 Å². The lowest BCUT2D eigenvalue weighted by Crippen LogP contribution is -2.12. The fraction of sp³-hybridized carbons (Fsp3) is 0.286. The molecule has 0 spiro atoms. The van der Waals surface area contributed by atoms with Crippen molar-refractivity contribution in [3.8, 4) is 0 Å². The molecule has 4 nitrogen and oxygen atoms in total. The minimum absolute atomic E-state index is 0.711. The molecule has 2 aromatic carbocycles. The van der Waals surface area contributed by atoms with Crippen molar-refractivity contribution in [2.75, 3.05) is 24.3 Å². The van der Waals surface area contributed by atoms with Crippen LogP contribution in [0.25, 0.3) is 0 Å². The predicted molar refractivity (Wildman–Crippen MR) is 105 cm³/mol. The first-order valence-electron chi connectivity index (χ1n) is 8.61. The molecule has 4 heteroatoms. The summed E-state index contributed by atoms with van der Waals surface area (Å²) in [7, 11) is 4.14. The van der Waals surface area contributed by atoms with E-state index in [1.807, 2.05) is 18.5 Å². The Morgan fingerprint density at radius 1 is 1.04 bits per heavy atom. The van der Waals surface area contributed by atoms with Gasteiger partial charge in [-0.05, 0) is 42.7 Å². The Morgan fingerprint density at radius 2 is 1.72 bits per heavy atom. The molecule has 1 N–H and O–H groups in total. The Labute approximate surface area is 150 Å². The van der Waals surface area contributed by atoms with Crippen molar-refractivity contribution in [1.82, 2.24) is 9.55 Å². The molecule has 3 aromatic rings. The molecule has 0 saturated heterocycles. The molecule has 130 valence electrons. The van der Waals surface area contributed by atoms with Gasteiger partial charge in [0.05, 0.1) is 6.54 Å². The molecule has 0 radical (unpaired) electrons. The highest BCUT2D eigenvalue weighted by Gasteiger charge is 2.09. The van der Waals surface area contributed by atoms with Crippen molar-refractivity contribution in [2.24, 2.45) is 0 Å². The van der Waals surface area contributed by atoms with E-state index >= 15 is 0 Å². The number of rotatable bonds is 6. The van der Waals surface area contributed by atoms with Crippen LogP contribution in [0.1, 0.15) is 22.5 Å². The summed E-state index contributed by atoms with van der Waals surface area (Å²) in [5.41, 5.74) is 6.21. The number of hydrogen-bond donors (Lipinski definition) is 1. The second-order valence-electron chi connectivity index (χ2n) is 6.66. The van der Waals surface area contributed by atoms with Gasteiger partial charge in [-0.1, -0.05) is 30.3 Å². The highest BCUT2D eigenvalue weighted by atomic mass is 15.1. The number of imidazole rings is 1. The fourth-order valence-corrected chi connectivity index (χ4v) is 3.08. The second-order valence-corrected chi connectivity index (χ2v) is 6.66. The van der Waals surface area contributed by atoms with Crippen LogP contribution in [0, 0.1) is 13.8 Å².